The van der Waals surface area contributed by atoms with Gasteiger partial charge in [0.1, 0.15) is 12.2 Å². The summed E-state index contributed by atoms with van der Waals surface area (Å²) in [4.78, 5) is 25.1. The molecule has 4 rings (SSSR count). The van der Waals surface area contributed by atoms with Gasteiger partial charge in [-0.3, -0.25) is 9.59 Å². The average molecular weight is 323 g/mol. The number of esters is 2. The lowest BCUT2D eigenvalue weighted by molar-refractivity contribution is -0.190. The van der Waals surface area contributed by atoms with E-state index in [2.05, 4.69) is 0 Å². The van der Waals surface area contributed by atoms with Gasteiger partial charge in [-0.25, -0.2) is 0 Å². The zero-order valence-electron chi connectivity index (χ0n) is 14.8. The summed E-state index contributed by atoms with van der Waals surface area (Å²) in [6, 6.07) is 0. The van der Waals surface area contributed by atoms with Crippen LogP contribution in [-0.4, -0.2) is 29.7 Å². The van der Waals surface area contributed by atoms with Crippen LogP contribution in [-0.2, 0) is 19.1 Å². The van der Waals surface area contributed by atoms with Gasteiger partial charge in [0.2, 0.25) is 0 Å². The second-order valence-electron chi connectivity index (χ2n) is 8.88. The summed E-state index contributed by atoms with van der Waals surface area (Å²) in [5.41, 5.74) is 4.20. The molecular weight excluding hydrogens is 294 g/mol. The Kier molecular flexibility index (Phi) is 3.60. The van der Waals surface area contributed by atoms with Crippen LogP contribution in [0.2, 0.25) is 0 Å². The molecule has 5 atom stereocenters. The molecule has 2 saturated heterocycles. The van der Waals surface area contributed by atoms with Gasteiger partial charge in [-0.15, -0.1) is 0 Å². The summed E-state index contributed by atoms with van der Waals surface area (Å²) in [6.45, 7) is 9.82. The molecule has 5 heteroatoms. The van der Waals surface area contributed by atoms with Crippen molar-refractivity contribution in [3.8, 4) is 0 Å². The molecule has 2 aliphatic heterocycles. The minimum Gasteiger partial charge on any atom is -0.461 e. The van der Waals surface area contributed by atoms with Crippen molar-refractivity contribution < 1.29 is 19.1 Å². The Hall–Kier alpha value is -1.10. The summed E-state index contributed by atoms with van der Waals surface area (Å²) in [6.07, 6.45) is 2.51. The topological polar surface area (TPSA) is 78.6 Å². The monoisotopic (exact) mass is 323 g/mol. The highest BCUT2D eigenvalue weighted by molar-refractivity contribution is 5.80. The first kappa shape index (κ1) is 16.7. The number of fused-ring (bicyclic) bond motifs is 2. The van der Waals surface area contributed by atoms with E-state index >= 15 is 0 Å². The maximum Gasteiger partial charge on any atom is 0.314 e. The van der Waals surface area contributed by atoms with Crippen molar-refractivity contribution in [1.29, 1.82) is 0 Å². The molecule has 2 aliphatic carbocycles. The Bertz CT molecular complexity index is 538. The SMILES string of the molecule is CC(C)C(C)(C(=O)OC12COC(=O)C3CC1CC3C2)C(C)(C)N. The molecule has 5 unspecified atom stereocenters. The summed E-state index contributed by atoms with van der Waals surface area (Å²) in [5.74, 6) is 0.229. The Morgan fingerprint density at radius 3 is 2.48 bits per heavy atom. The van der Waals surface area contributed by atoms with Gasteiger partial charge >= 0.3 is 11.9 Å². The molecule has 0 amide bonds. The van der Waals surface area contributed by atoms with Gasteiger partial charge in [-0.2, -0.15) is 0 Å². The smallest absolute Gasteiger partial charge is 0.314 e. The van der Waals surface area contributed by atoms with E-state index < -0.39 is 16.6 Å². The maximum absolute atomic E-state index is 13.1. The van der Waals surface area contributed by atoms with Crippen molar-refractivity contribution in [3.05, 3.63) is 0 Å². The van der Waals surface area contributed by atoms with Gasteiger partial charge in [0.15, 0.2) is 0 Å². The maximum atomic E-state index is 13.1. The second kappa shape index (κ2) is 4.95. The number of carbonyl (C=O) groups excluding carboxylic acids is 2. The van der Waals surface area contributed by atoms with Crippen molar-refractivity contribution in [3.63, 3.8) is 0 Å². The van der Waals surface area contributed by atoms with Crippen molar-refractivity contribution >= 4 is 11.9 Å². The highest BCUT2D eigenvalue weighted by Crippen LogP contribution is 2.58. The molecule has 4 aliphatic rings. The molecular formula is C18H29NO4. The summed E-state index contributed by atoms with van der Waals surface area (Å²) in [7, 11) is 0. The van der Waals surface area contributed by atoms with E-state index in [1.54, 1.807) is 0 Å². The Balaban J connectivity index is 1.87. The van der Waals surface area contributed by atoms with Crippen LogP contribution in [0.4, 0.5) is 0 Å². The van der Waals surface area contributed by atoms with Gasteiger partial charge in [-0.1, -0.05) is 13.8 Å². The van der Waals surface area contributed by atoms with Gasteiger partial charge < -0.3 is 15.2 Å². The number of nitrogens with two attached hydrogens (primary N) is 1. The predicted octanol–water partition coefficient (Wildman–Crippen LogP) is 2.27. The molecule has 0 aromatic rings. The van der Waals surface area contributed by atoms with Gasteiger partial charge in [0.05, 0.1) is 11.3 Å². The summed E-state index contributed by atoms with van der Waals surface area (Å²) < 4.78 is 11.5. The summed E-state index contributed by atoms with van der Waals surface area (Å²) in [5, 5.41) is 0. The fourth-order valence-corrected chi connectivity index (χ4v) is 4.84. The van der Waals surface area contributed by atoms with Crippen LogP contribution in [0.3, 0.4) is 0 Å². The molecule has 2 heterocycles. The van der Waals surface area contributed by atoms with E-state index in [-0.39, 0.29) is 36.3 Å². The highest BCUT2D eigenvalue weighted by atomic mass is 16.6. The van der Waals surface area contributed by atoms with E-state index in [0.717, 1.165) is 19.3 Å². The fraction of sp³-hybridized carbons (Fsp3) is 0.889. The Morgan fingerprint density at radius 1 is 1.35 bits per heavy atom. The quantitative estimate of drug-likeness (QED) is 0.803. The normalized spacial score (nSPS) is 38.4. The number of hydrogen-bond donors (Lipinski definition) is 1. The number of carbonyl (C=O) groups is 2. The van der Waals surface area contributed by atoms with Gasteiger partial charge in [-0.05, 0) is 51.9 Å². The standard InChI is InChI=1S/C18H29NO4/c1-10(2)17(5,16(3,4)19)15(21)23-18-8-11-6-12(18)7-13(11)14(20)22-9-18/h10-13H,6-9,19H2,1-5H3. The zero-order valence-corrected chi connectivity index (χ0v) is 14.8. The molecule has 23 heavy (non-hydrogen) atoms. The first-order valence-electron chi connectivity index (χ1n) is 8.70. The molecule has 2 saturated carbocycles. The summed E-state index contributed by atoms with van der Waals surface area (Å²) >= 11 is 0. The lowest BCUT2D eigenvalue weighted by Gasteiger charge is -2.45. The minimum atomic E-state index is -0.792. The number of ether oxygens (including phenoxy) is 2. The van der Waals surface area contributed by atoms with Gasteiger partial charge in [0, 0.05) is 11.5 Å². The molecule has 0 radical (unpaired) electrons. The van der Waals surface area contributed by atoms with Crippen LogP contribution in [0.1, 0.15) is 53.9 Å². The third-order valence-electron chi connectivity index (χ3n) is 7.02. The minimum absolute atomic E-state index is 0.0109. The van der Waals surface area contributed by atoms with Crippen molar-refractivity contribution in [2.75, 3.05) is 6.61 Å². The first-order valence-corrected chi connectivity index (χ1v) is 8.70. The van der Waals surface area contributed by atoms with Crippen LogP contribution < -0.4 is 5.73 Å². The van der Waals surface area contributed by atoms with Crippen LogP contribution in [0, 0.1) is 29.1 Å². The van der Waals surface area contributed by atoms with E-state index in [4.69, 9.17) is 15.2 Å². The third-order valence-corrected chi connectivity index (χ3v) is 7.02. The predicted molar refractivity (Wildman–Crippen MR) is 85.3 cm³/mol. The second-order valence-corrected chi connectivity index (χ2v) is 8.88. The molecule has 4 bridgehead atoms. The first-order chi connectivity index (χ1) is 10.5. The Labute approximate surface area is 138 Å². The van der Waals surface area contributed by atoms with E-state index in [9.17, 15) is 9.59 Å². The van der Waals surface area contributed by atoms with E-state index in [1.807, 2.05) is 34.6 Å². The zero-order chi connectivity index (χ0) is 17.2. The largest absolute Gasteiger partial charge is 0.461 e. The third kappa shape index (κ3) is 2.23. The lowest BCUT2D eigenvalue weighted by atomic mass is 9.66. The van der Waals surface area contributed by atoms with Crippen LogP contribution >= 0.6 is 0 Å². The molecule has 0 spiro atoms. The van der Waals surface area contributed by atoms with Gasteiger partial charge in [0.25, 0.3) is 0 Å². The molecule has 0 aromatic carbocycles. The van der Waals surface area contributed by atoms with Crippen molar-refractivity contribution in [2.24, 2.45) is 34.8 Å². The van der Waals surface area contributed by atoms with Crippen molar-refractivity contribution in [2.45, 2.75) is 65.0 Å². The average Bonchev–Trinajstić information content (AvgIpc) is 2.93. The number of rotatable bonds is 4. The van der Waals surface area contributed by atoms with Crippen LogP contribution in [0.25, 0.3) is 0 Å². The van der Waals surface area contributed by atoms with Crippen LogP contribution in [0.5, 0.6) is 0 Å². The molecule has 130 valence electrons. The molecule has 2 N–H and O–H groups in total. The number of hydrogen-bond acceptors (Lipinski definition) is 5. The highest BCUT2D eigenvalue weighted by Gasteiger charge is 2.64. The molecule has 4 fully saturated rings. The van der Waals surface area contributed by atoms with Crippen LogP contribution in [0.15, 0.2) is 0 Å². The fourth-order valence-electron chi connectivity index (χ4n) is 4.84. The lowest BCUT2D eigenvalue weighted by Crippen LogP contribution is -2.59. The van der Waals surface area contributed by atoms with Crippen molar-refractivity contribution in [1.82, 2.24) is 0 Å². The molecule has 0 aromatic heterocycles. The Morgan fingerprint density at radius 2 is 2.00 bits per heavy atom. The van der Waals surface area contributed by atoms with E-state index in [0.29, 0.717) is 5.92 Å². The van der Waals surface area contributed by atoms with E-state index in [1.165, 1.54) is 0 Å². The molecule has 5 nitrogen and oxygen atoms in total.